The summed E-state index contributed by atoms with van der Waals surface area (Å²) < 4.78 is 24.4. The summed E-state index contributed by atoms with van der Waals surface area (Å²) in [5.41, 5.74) is 3.88. The quantitative estimate of drug-likeness (QED) is 0.706. The summed E-state index contributed by atoms with van der Waals surface area (Å²) in [7, 11) is 0. The van der Waals surface area contributed by atoms with E-state index in [1.54, 1.807) is 36.7 Å². The molecule has 28 heavy (non-hydrogen) atoms. The maximum absolute atomic E-state index is 13.1. The molecular weight excluding hydrogens is 361 g/mol. The summed E-state index contributed by atoms with van der Waals surface area (Å²) in [6.07, 6.45) is 2.97. The number of hydrogen-bond acceptors (Lipinski definition) is 4. The molecule has 4 rings (SSSR count). The molecule has 0 saturated carbocycles. The Hall–Kier alpha value is -3.03. The molecular formula is C21H20FN3O3. The lowest BCUT2D eigenvalue weighted by Crippen LogP contribution is -2.26. The molecule has 1 unspecified atom stereocenters. The van der Waals surface area contributed by atoms with Crippen LogP contribution in [0, 0.1) is 5.82 Å². The maximum Gasteiger partial charge on any atom is 0.251 e. The number of rotatable bonds is 5. The number of carbonyl (C=O) groups excluding carboxylic acids is 1. The Morgan fingerprint density at radius 1 is 1.21 bits per heavy atom. The minimum absolute atomic E-state index is 0.227. The first-order chi connectivity index (χ1) is 13.6. The second-order valence-corrected chi connectivity index (χ2v) is 6.61. The Bertz CT molecular complexity index is 952. The van der Waals surface area contributed by atoms with Crippen LogP contribution in [0.2, 0.25) is 0 Å². The first kappa shape index (κ1) is 18.3. The van der Waals surface area contributed by atoms with Crippen LogP contribution in [-0.2, 0) is 9.47 Å². The zero-order chi connectivity index (χ0) is 19.5. The fraction of sp³-hybridized carbons (Fsp3) is 0.238. The fourth-order valence-corrected chi connectivity index (χ4v) is 3.21. The molecule has 1 atom stereocenters. The molecule has 1 aliphatic rings. The second kappa shape index (κ2) is 7.92. The van der Waals surface area contributed by atoms with E-state index < -0.39 is 6.29 Å². The van der Waals surface area contributed by atoms with Gasteiger partial charge in [0.15, 0.2) is 6.29 Å². The van der Waals surface area contributed by atoms with Crippen molar-refractivity contribution in [3.05, 3.63) is 77.4 Å². The number of nitrogens with zero attached hydrogens (tertiary/aromatic N) is 1. The SMILES string of the molecule is CC(NC(=O)c1ccc(-c2cn[nH]c2)c(C2OCCO2)c1)c1ccc(F)cc1. The summed E-state index contributed by atoms with van der Waals surface area (Å²) in [6.45, 7) is 2.87. The van der Waals surface area contributed by atoms with E-state index in [-0.39, 0.29) is 17.8 Å². The minimum Gasteiger partial charge on any atom is -0.346 e. The highest BCUT2D eigenvalue weighted by Gasteiger charge is 2.24. The van der Waals surface area contributed by atoms with Gasteiger partial charge in [0.2, 0.25) is 0 Å². The predicted molar refractivity (Wildman–Crippen MR) is 101 cm³/mol. The smallest absolute Gasteiger partial charge is 0.251 e. The number of aromatic nitrogens is 2. The van der Waals surface area contributed by atoms with E-state index in [1.807, 2.05) is 13.0 Å². The molecule has 0 radical (unpaired) electrons. The third-order valence-electron chi connectivity index (χ3n) is 4.72. The van der Waals surface area contributed by atoms with Crippen molar-refractivity contribution >= 4 is 5.91 Å². The number of carbonyl (C=O) groups is 1. The van der Waals surface area contributed by atoms with Crippen LogP contribution in [-0.4, -0.2) is 29.3 Å². The van der Waals surface area contributed by atoms with E-state index in [0.29, 0.717) is 18.8 Å². The summed E-state index contributed by atoms with van der Waals surface area (Å²) in [5, 5.41) is 9.73. The van der Waals surface area contributed by atoms with Crippen molar-refractivity contribution in [2.45, 2.75) is 19.3 Å². The Kier molecular flexibility index (Phi) is 5.18. The maximum atomic E-state index is 13.1. The van der Waals surface area contributed by atoms with Crippen molar-refractivity contribution < 1.29 is 18.7 Å². The molecule has 2 N–H and O–H groups in total. The number of halogens is 1. The molecule has 1 aliphatic heterocycles. The molecule has 2 heterocycles. The summed E-state index contributed by atoms with van der Waals surface area (Å²) in [4.78, 5) is 12.8. The van der Waals surface area contributed by atoms with Gasteiger partial charge in [0.25, 0.3) is 5.91 Å². The fourth-order valence-electron chi connectivity index (χ4n) is 3.21. The standard InChI is InChI=1S/C21H20FN3O3/c1-13(14-2-5-17(22)6-3-14)25-20(26)15-4-7-18(16-11-23-24-12-16)19(10-15)21-27-8-9-28-21/h2-7,10-13,21H,8-9H2,1H3,(H,23,24)(H,25,26). The Morgan fingerprint density at radius 3 is 2.64 bits per heavy atom. The van der Waals surface area contributed by atoms with E-state index in [4.69, 9.17) is 9.47 Å². The molecule has 1 aromatic heterocycles. The van der Waals surface area contributed by atoms with E-state index in [2.05, 4.69) is 15.5 Å². The number of hydrogen-bond donors (Lipinski definition) is 2. The third-order valence-corrected chi connectivity index (χ3v) is 4.72. The minimum atomic E-state index is -0.521. The van der Waals surface area contributed by atoms with Crippen LogP contribution in [0.4, 0.5) is 4.39 Å². The monoisotopic (exact) mass is 381 g/mol. The van der Waals surface area contributed by atoms with Crippen LogP contribution in [0.1, 0.15) is 40.7 Å². The van der Waals surface area contributed by atoms with Crippen LogP contribution < -0.4 is 5.32 Å². The summed E-state index contributed by atoms with van der Waals surface area (Å²) in [5.74, 6) is -0.534. The van der Waals surface area contributed by atoms with Gasteiger partial charge in [0.1, 0.15) is 5.82 Å². The summed E-state index contributed by atoms with van der Waals surface area (Å²) in [6, 6.07) is 11.2. The first-order valence-corrected chi connectivity index (χ1v) is 9.04. The number of amides is 1. The third kappa shape index (κ3) is 3.81. The van der Waals surface area contributed by atoms with Crippen molar-refractivity contribution in [2.75, 3.05) is 13.2 Å². The van der Waals surface area contributed by atoms with Gasteiger partial charge < -0.3 is 14.8 Å². The van der Waals surface area contributed by atoms with Crippen LogP contribution in [0.25, 0.3) is 11.1 Å². The Labute approximate surface area is 161 Å². The molecule has 1 saturated heterocycles. The van der Waals surface area contributed by atoms with E-state index in [9.17, 15) is 9.18 Å². The van der Waals surface area contributed by atoms with Crippen molar-refractivity contribution in [1.82, 2.24) is 15.5 Å². The Balaban J connectivity index is 1.59. The second-order valence-electron chi connectivity index (χ2n) is 6.61. The molecule has 0 aliphatic carbocycles. The zero-order valence-corrected chi connectivity index (χ0v) is 15.3. The van der Waals surface area contributed by atoms with Gasteiger partial charge in [-0.05, 0) is 42.3 Å². The zero-order valence-electron chi connectivity index (χ0n) is 15.3. The lowest BCUT2D eigenvalue weighted by atomic mass is 9.98. The van der Waals surface area contributed by atoms with Gasteiger partial charge in [-0.2, -0.15) is 5.10 Å². The van der Waals surface area contributed by atoms with E-state index in [1.165, 1.54) is 12.1 Å². The van der Waals surface area contributed by atoms with Crippen molar-refractivity contribution in [3.63, 3.8) is 0 Å². The molecule has 0 bridgehead atoms. The molecule has 7 heteroatoms. The number of ether oxygens (including phenoxy) is 2. The predicted octanol–water partition coefficient (Wildman–Crippen LogP) is 3.75. The van der Waals surface area contributed by atoms with Gasteiger partial charge in [0.05, 0.1) is 25.5 Å². The highest BCUT2D eigenvalue weighted by atomic mass is 19.1. The van der Waals surface area contributed by atoms with Gasteiger partial charge >= 0.3 is 0 Å². The highest BCUT2D eigenvalue weighted by molar-refractivity contribution is 5.95. The lowest BCUT2D eigenvalue weighted by molar-refractivity contribution is -0.0437. The average molecular weight is 381 g/mol. The van der Waals surface area contributed by atoms with Crippen LogP contribution in [0.15, 0.2) is 54.9 Å². The molecule has 3 aromatic rings. The van der Waals surface area contributed by atoms with Crippen LogP contribution in [0.5, 0.6) is 0 Å². The van der Waals surface area contributed by atoms with Gasteiger partial charge in [0, 0.05) is 22.9 Å². The molecule has 6 nitrogen and oxygen atoms in total. The van der Waals surface area contributed by atoms with Gasteiger partial charge in [-0.15, -0.1) is 0 Å². The molecule has 0 spiro atoms. The van der Waals surface area contributed by atoms with Gasteiger partial charge in [-0.3, -0.25) is 9.89 Å². The van der Waals surface area contributed by atoms with Crippen LogP contribution in [0.3, 0.4) is 0 Å². The molecule has 144 valence electrons. The van der Waals surface area contributed by atoms with Crippen molar-refractivity contribution in [3.8, 4) is 11.1 Å². The van der Waals surface area contributed by atoms with E-state index in [0.717, 1.165) is 22.3 Å². The molecule has 1 fully saturated rings. The average Bonchev–Trinajstić information content (AvgIpc) is 3.42. The van der Waals surface area contributed by atoms with Crippen LogP contribution >= 0.6 is 0 Å². The molecule has 1 amide bonds. The first-order valence-electron chi connectivity index (χ1n) is 9.04. The summed E-state index contributed by atoms with van der Waals surface area (Å²) >= 11 is 0. The Morgan fingerprint density at radius 2 is 1.96 bits per heavy atom. The van der Waals surface area contributed by atoms with Gasteiger partial charge in [-0.25, -0.2) is 4.39 Å². The van der Waals surface area contributed by atoms with E-state index >= 15 is 0 Å². The lowest BCUT2D eigenvalue weighted by Gasteiger charge is -2.17. The number of H-pyrrole nitrogens is 1. The van der Waals surface area contributed by atoms with Crippen molar-refractivity contribution in [2.24, 2.45) is 0 Å². The number of benzene rings is 2. The highest BCUT2D eigenvalue weighted by Crippen LogP contribution is 2.33. The van der Waals surface area contributed by atoms with Crippen molar-refractivity contribution in [1.29, 1.82) is 0 Å². The largest absolute Gasteiger partial charge is 0.346 e. The number of nitrogens with one attached hydrogen (secondary N) is 2. The molecule has 2 aromatic carbocycles. The number of aromatic amines is 1. The van der Waals surface area contributed by atoms with Gasteiger partial charge in [-0.1, -0.05) is 18.2 Å². The topological polar surface area (TPSA) is 76.2 Å². The normalized spacial score (nSPS) is 15.5.